The molecule has 1 amide bonds. The second kappa shape index (κ2) is 11.0. The Hall–Kier alpha value is -3.59. The number of non-ortho nitro benzene ring substituents is 1. The van der Waals surface area contributed by atoms with Crippen LogP contribution in [0.3, 0.4) is 0 Å². The molecule has 0 aliphatic heterocycles. The predicted molar refractivity (Wildman–Crippen MR) is 115 cm³/mol. The molecule has 31 heavy (non-hydrogen) atoms. The highest BCUT2D eigenvalue weighted by atomic mass is 35.5. The summed E-state index contributed by atoms with van der Waals surface area (Å²) >= 11 is 5.94. The summed E-state index contributed by atoms with van der Waals surface area (Å²) in [6.07, 6.45) is 1.56. The first-order valence-electron chi connectivity index (χ1n) is 9.19. The summed E-state index contributed by atoms with van der Waals surface area (Å²) < 4.78 is 15.8. The molecule has 10 heteroatoms. The highest BCUT2D eigenvalue weighted by molar-refractivity contribution is 6.34. The molecule has 0 saturated heterocycles. The van der Waals surface area contributed by atoms with Crippen LogP contribution < -0.4 is 14.8 Å². The van der Waals surface area contributed by atoms with Gasteiger partial charge in [0.05, 0.1) is 29.4 Å². The fourth-order valence-corrected chi connectivity index (χ4v) is 2.67. The Labute approximate surface area is 183 Å². The topological polar surface area (TPSA) is 117 Å². The maximum absolute atomic E-state index is 12.2. The van der Waals surface area contributed by atoms with Crippen molar-refractivity contribution in [1.82, 2.24) is 0 Å². The molecule has 0 heterocycles. The van der Waals surface area contributed by atoms with E-state index in [0.29, 0.717) is 23.7 Å². The number of ether oxygens (including phenoxy) is 3. The first kappa shape index (κ1) is 23.7. The van der Waals surface area contributed by atoms with Gasteiger partial charge in [-0.15, -0.1) is 0 Å². The van der Waals surface area contributed by atoms with Gasteiger partial charge in [-0.25, -0.2) is 4.79 Å². The molecule has 0 aromatic heterocycles. The van der Waals surface area contributed by atoms with Crippen LogP contribution in [-0.4, -0.2) is 36.6 Å². The average molecular weight is 449 g/mol. The van der Waals surface area contributed by atoms with Crippen molar-refractivity contribution in [3.05, 3.63) is 63.2 Å². The van der Waals surface area contributed by atoms with Gasteiger partial charge in [0.15, 0.2) is 17.6 Å². The number of nitro benzene ring substituents is 1. The maximum atomic E-state index is 12.2. The highest BCUT2D eigenvalue weighted by Gasteiger charge is 2.19. The number of benzene rings is 2. The number of nitrogens with one attached hydrogen (secondary N) is 1. The van der Waals surface area contributed by atoms with E-state index in [9.17, 15) is 19.7 Å². The second-order valence-electron chi connectivity index (χ2n) is 6.17. The van der Waals surface area contributed by atoms with E-state index in [1.165, 1.54) is 38.3 Å². The number of amides is 1. The molecular formula is C21H21ClN2O7. The SMILES string of the molecule is CCOc1ccc(/C=C/C(=O)O[C@H](C)C(=O)Nc2ccc([N+](=O)[O-])cc2Cl)cc1OC. The lowest BCUT2D eigenvalue weighted by Crippen LogP contribution is -2.29. The van der Waals surface area contributed by atoms with Crippen LogP contribution in [0.4, 0.5) is 11.4 Å². The number of methoxy groups -OCH3 is 1. The van der Waals surface area contributed by atoms with Crippen LogP contribution in [0.1, 0.15) is 19.4 Å². The number of halogens is 1. The van der Waals surface area contributed by atoms with Crippen molar-refractivity contribution in [2.75, 3.05) is 19.0 Å². The Balaban J connectivity index is 1.97. The summed E-state index contributed by atoms with van der Waals surface area (Å²) in [5.41, 5.74) is 0.628. The minimum Gasteiger partial charge on any atom is -0.493 e. The summed E-state index contributed by atoms with van der Waals surface area (Å²) in [6, 6.07) is 8.77. The minimum absolute atomic E-state index is 0.00887. The van der Waals surface area contributed by atoms with Crippen molar-refractivity contribution >= 4 is 40.9 Å². The van der Waals surface area contributed by atoms with Gasteiger partial charge in [-0.1, -0.05) is 17.7 Å². The van der Waals surface area contributed by atoms with E-state index in [4.69, 9.17) is 25.8 Å². The third kappa shape index (κ3) is 6.71. The third-order valence-electron chi connectivity index (χ3n) is 3.98. The summed E-state index contributed by atoms with van der Waals surface area (Å²) in [6.45, 7) is 3.74. The first-order chi connectivity index (χ1) is 14.7. The van der Waals surface area contributed by atoms with Crippen LogP contribution in [0.25, 0.3) is 6.08 Å². The van der Waals surface area contributed by atoms with Gasteiger partial charge < -0.3 is 19.5 Å². The molecule has 0 unspecified atom stereocenters. The minimum atomic E-state index is -1.13. The Morgan fingerprint density at radius 3 is 2.58 bits per heavy atom. The van der Waals surface area contributed by atoms with Gasteiger partial charge in [0.25, 0.3) is 11.6 Å². The average Bonchev–Trinajstić information content (AvgIpc) is 2.74. The van der Waals surface area contributed by atoms with Gasteiger partial charge in [-0.2, -0.15) is 0 Å². The van der Waals surface area contributed by atoms with Crippen LogP contribution in [0, 0.1) is 10.1 Å². The van der Waals surface area contributed by atoms with E-state index in [1.54, 1.807) is 18.2 Å². The monoisotopic (exact) mass is 448 g/mol. The normalized spacial score (nSPS) is 11.6. The van der Waals surface area contributed by atoms with Crippen molar-refractivity contribution in [1.29, 1.82) is 0 Å². The number of carbonyl (C=O) groups excluding carboxylic acids is 2. The Bertz CT molecular complexity index is 1010. The smallest absolute Gasteiger partial charge is 0.331 e. The Morgan fingerprint density at radius 2 is 1.97 bits per heavy atom. The number of esters is 1. The molecule has 2 aromatic carbocycles. The zero-order valence-electron chi connectivity index (χ0n) is 17.1. The molecule has 0 saturated carbocycles. The maximum Gasteiger partial charge on any atom is 0.331 e. The van der Waals surface area contributed by atoms with Crippen molar-refractivity contribution in [3.8, 4) is 11.5 Å². The van der Waals surface area contributed by atoms with Crippen molar-refractivity contribution in [2.45, 2.75) is 20.0 Å². The molecular weight excluding hydrogens is 428 g/mol. The van der Waals surface area contributed by atoms with Gasteiger partial charge in [0, 0.05) is 18.2 Å². The third-order valence-corrected chi connectivity index (χ3v) is 4.30. The van der Waals surface area contributed by atoms with Gasteiger partial charge >= 0.3 is 5.97 Å². The van der Waals surface area contributed by atoms with Crippen molar-refractivity contribution < 1.29 is 28.7 Å². The predicted octanol–water partition coefficient (Wildman–Crippen LogP) is 4.24. The molecule has 2 aromatic rings. The fraction of sp³-hybridized carbons (Fsp3) is 0.238. The number of nitro groups is 1. The molecule has 1 atom stereocenters. The molecule has 2 rings (SSSR count). The Morgan fingerprint density at radius 1 is 1.23 bits per heavy atom. The van der Waals surface area contributed by atoms with Crippen LogP contribution in [0.2, 0.25) is 5.02 Å². The summed E-state index contributed by atoms with van der Waals surface area (Å²) in [5, 5.41) is 13.2. The van der Waals surface area contributed by atoms with E-state index in [2.05, 4.69) is 5.32 Å². The number of anilines is 1. The number of hydrogen-bond acceptors (Lipinski definition) is 7. The van der Waals surface area contributed by atoms with Gasteiger partial charge in [0.1, 0.15) is 0 Å². The highest BCUT2D eigenvalue weighted by Crippen LogP contribution is 2.29. The fourth-order valence-electron chi connectivity index (χ4n) is 2.45. The van der Waals surface area contributed by atoms with E-state index >= 15 is 0 Å². The molecule has 0 aliphatic rings. The number of hydrogen-bond donors (Lipinski definition) is 1. The molecule has 0 radical (unpaired) electrons. The van der Waals surface area contributed by atoms with Crippen LogP contribution >= 0.6 is 11.6 Å². The number of nitrogens with zero attached hydrogens (tertiary/aromatic N) is 1. The van der Waals surface area contributed by atoms with Crippen molar-refractivity contribution in [2.24, 2.45) is 0 Å². The zero-order chi connectivity index (χ0) is 23.0. The van der Waals surface area contributed by atoms with Crippen LogP contribution in [0.15, 0.2) is 42.5 Å². The molecule has 0 aliphatic carbocycles. The molecule has 9 nitrogen and oxygen atoms in total. The lowest BCUT2D eigenvalue weighted by atomic mass is 10.2. The second-order valence-corrected chi connectivity index (χ2v) is 6.57. The zero-order valence-corrected chi connectivity index (χ0v) is 17.8. The molecule has 1 N–H and O–H groups in total. The molecule has 0 fully saturated rings. The standard InChI is InChI=1S/C21H21ClN2O7/c1-4-30-18-9-5-14(11-19(18)29-3)6-10-20(25)31-13(2)21(26)23-17-8-7-15(24(27)28)12-16(17)22/h5-13H,4H2,1-3H3,(H,23,26)/b10-6+/t13-/m1/s1. The van der Waals surface area contributed by atoms with Gasteiger partial charge in [-0.05, 0) is 43.7 Å². The molecule has 164 valence electrons. The number of rotatable bonds is 9. The summed E-state index contributed by atoms with van der Waals surface area (Å²) in [5.74, 6) is -0.268. The Kier molecular flexibility index (Phi) is 8.39. The van der Waals surface area contributed by atoms with E-state index < -0.39 is 22.9 Å². The lowest BCUT2D eigenvalue weighted by molar-refractivity contribution is -0.384. The largest absolute Gasteiger partial charge is 0.493 e. The quantitative estimate of drug-likeness (QED) is 0.264. The van der Waals surface area contributed by atoms with Crippen LogP contribution in [0.5, 0.6) is 11.5 Å². The molecule has 0 bridgehead atoms. The summed E-state index contributed by atoms with van der Waals surface area (Å²) in [4.78, 5) is 34.4. The first-order valence-corrected chi connectivity index (χ1v) is 9.57. The lowest BCUT2D eigenvalue weighted by Gasteiger charge is -2.13. The van der Waals surface area contributed by atoms with Crippen LogP contribution in [-0.2, 0) is 14.3 Å². The van der Waals surface area contributed by atoms with Gasteiger partial charge in [-0.3, -0.25) is 14.9 Å². The van der Waals surface area contributed by atoms with E-state index in [1.807, 2.05) is 6.92 Å². The number of carbonyl (C=O) groups is 2. The van der Waals surface area contributed by atoms with Gasteiger partial charge in [0.2, 0.25) is 0 Å². The summed E-state index contributed by atoms with van der Waals surface area (Å²) in [7, 11) is 1.51. The molecule has 0 spiro atoms. The van der Waals surface area contributed by atoms with E-state index in [0.717, 1.165) is 6.07 Å². The van der Waals surface area contributed by atoms with Crippen molar-refractivity contribution in [3.63, 3.8) is 0 Å². The van der Waals surface area contributed by atoms with E-state index in [-0.39, 0.29) is 16.4 Å².